The highest BCUT2D eigenvalue weighted by molar-refractivity contribution is 9.10. The number of sulfonamides is 1. The molecule has 144 valence electrons. The fourth-order valence-electron chi connectivity index (χ4n) is 3.07. The van der Waals surface area contributed by atoms with Crippen LogP contribution in [-0.2, 0) is 21.4 Å². The first-order valence-electron chi connectivity index (χ1n) is 8.64. The largest absolute Gasteiger partial charge is 0.352 e. The van der Waals surface area contributed by atoms with Crippen molar-refractivity contribution < 1.29 is 13.2 Å². The van der Waals surface area contributed by atoms with Crippen molar-refractivity contribution in [2.45, 2.75) is 24.3 Å². The van der Waals surface area contributed by atoms with E-state index in [1.54, 1.807) is 36.4 Å². The summed E-state index contributed by atoms with van der Waals surface area (Å²) in [5, 5.41) is 3.54. The van der Waals surface area contributed by atoms with Crippen LogP contribution in [0.15, 0.2) is 57.9 Å². The number of piperidine rings is 1. The maximum atomic E-state index is 12.8. The number of amides is 1. The van der Waals surface area contributed by atoms with Crippen LogP contribution in [0, 0.1) is 5.92 Å². The second-order valence-electron chi connectivity index (χ2n) is 6.50. The molecule has 0 saturated carbocycles. The van der Waals surface area contributed by atoms with E-state index >= 15 is 0 Å². The van der Waals surface area contributed by atoms with Gasteiger partial charge in [0.05, 0.1) is 10.8 Å². The summed E-state index contributed by atoms with van der Waals surface area (Å²) in [6.45, 7) is 1.02. The van der Waals surface area contributed by atoms with Crippen LogP contribution in [0.5, 0.6) is 0 Å². The second kappa shape index (κ2) is 8.73. The Morgan fingerprint density at radius 2 is 1.81 bits per heavy atom. The van der Waals surface area contributed by atoms with Crippen molar-refractivity contribution in [3.05, 3.63) is 63.6 Å². The predicted molar refractivity (Wildman–Crippen MR) is 109 cm³/mol. The molecule has 1 N–H and O–H groups in total. The minimum atomic E-state index is -3.60. The van der Waals surface area contributed by atoms with Crippen LogP contribution in [0.3, 0.4) is 0 Å². The van der Waals surface area contributed by atoms with E-state index in [0.29, 0.717) is 31.0 Å². The number of halogens is 2. The average Bonchev–Trinajstić information content (AvgIpc) is 2.68. The van der Waals surface area contributed by atoms with E-state index in [1.807, 2.05) is 12.1 Å². The van der Waals surface area contributed by atoms with Crippen molar-refractivity contribution in [2.24, 2.45) is 5.92 Å². The summed E-state index contributed by atoms with van der Waals surface area (Å²) in [4.78, 5) is 12.8. The number of hydrogen-bond acceptors (Lipinski definition) is 3. The lowest BCUT2D eigenvalue weighted by Gasteiger charge is -2.31. The van der Waals surface area contributed by atoms with Crippen LogP contribution in [0.4, 0.5) is 0 Å². The molecule has 1 saturated heterocycles. The molecule has 1 amide bonds. The first-order valence-corrected chi connectivity index (χ1v) is 11.3. The summed E-state index contributed by atoms with van der Waals surface area (Å²) in [5.74, 6) is -0.475. The lowest BCUT2D eigenvalue weighted by molar-refractivity contribution is -0.126. The third-order valence-corrected chi connectivity index (χ3v) is 7.25. The van der Waals surface area contributed by atoms with Crippen molar-refractivity contribution in [3.8, 4) is 0 Å². The summed E-state index contributed by atoms with van der Waals surface area (Å²) in [5.41, 5.74) is 0.947. The standard InChI is InChI=1S/C19H20BrClN2O3S/c20-16-5-9-18(10-6-16)27(25,26)23-11-1-2-15(13-23)19(24)22-12-14-3-7-17(21)8-4-14/h3-10,15H,1-2,11-13H2,(H,22,24)/t15-/m0/s1. The van der Waals surface area contributed by atoms with Crippen LogP contribution in [0.1, 0.15) is 18.4 Å². The Morgan fingerprint density at radius 1 is 1.15 bits per heavy atom. The van der Waals surface area contributed by atoms with Crippen LogP contribution in [0.2, 0.25) is 5.02 Å². The van der Waals surface area contributed by atoms with E-state index in [9.17, 15) is 13.2 Å². The highest BCUT2D eigenvalue weighted by Gasteiger charge is 2.33. The predicted octanol–water partition coefficient (Wildman–Crippen LogP) is 3.82. The van der Waals surface area contributed by atoms with Gasteiger partial charge in [-0.05, 0) is 54.8 Å². The maximum Gasteiger partial charge on any atom is 0.243 e. The summed E-state index contributed by atoms with van der Waals surface area (Å²) in [6.07, 6.45) is 1.34. The third kappa shape index (κ3) is 5.10. The zero-order valence-electron chi connectivity index (χ0n) is 14.6. The van der Waals surface area contributed by atoms with Gasteiger partial charge < -0.3 is 5.32 Å². The van der Waals surface area contributed by atoms with E-state index in [2.05, 4.69) is 21.2 Å². The molecule has 1 aliphatic heterocycles. The summed E-state index contributed by atoms with van der Waals surface area (Å²) >= 11 is 9.17. The fraction of sp³-hybridized carbons (Fsp3) is 0.316. The molecule has 1 aliphatic rings. The van der Waals surface area contributed by atoms with Crippen molar-refractivity contribution >= 4 is 43.5 Å². The first kappa shape index (κ1) is 20.3. The molecule has 0 spiro atoms. The number of nitrogens with zero attached hydrogens (tertiary/aromatic N) is 1. The van der Waals surface area contributed by atoms with Gasteiger partial charge >= 0.3 is 0 Å². The van der Waals surface area contributed by atoms with Crippen LogP contribution in [-0.4, -0.2) is 31.7 Å². The molecular formula is C19H20BrClN2O3S. The number of carbonyl (C=O) groups is 1. The number of carbonyl (C=O) groups excluding carboxylic acids is 1. The maximum absolute atomic E-state index is 12.8. The van der Waals surface area contributed by atoms with E-state index in [4.69, 9.17) is 11.6 Å². The molecule has 5 nitrogen and oxygen atoms in total. The summed E-state index contributed by atoms with van der Waals surface area (Å²) in [6, 6.07) is 13.8. The molecule has 27 heavy (non-hydrogen) atoms. The highest BCUT2D eigenvalue weighted by atomic mass is 79.9. The first-order chi connectivity index (χ1) is 12.9. The van der Waals surface area contributed by atoms with Crippen molar-refractivity contribution in [2.75, 3.05) is 13.1 Å². The van der Waals surface area contributed by atoms with Crippen molar-refractivity contribution in [1.82, 2.24) is 9.62 Å². The van der Waals surface area contributed by atoms with E-state index in [0.717, 1.165) is 10.0 Å². The van der Waals surface area contributed by atoms with Gasteiger partial charge in [0.25, 0.3) is 0 Å². The Hall–Kier alpha value is -1.41. The Bertz CT molecular complexity index is 902. The summed E-state index contributed by atoms with van der Waals surface area (Å²) in [7, 11) is -3.60. The molecule has 0 radical (unpaired) electrons. The van der Waals surface area contributed by atoms with Gasteiger partial charge in [-0.15, -0.1) is 0 Å². The molecule has 0 aliphatic carbocycles. The highest BCUT2D eigenvalue weighted by Crippen LogP contribution is 2.25. The zero-order chi connectivity index (χ0) is 19.4. The van der Waals surface area contributed by atoms with Gasteiger partial charge in [0.1, 0.15) is 0 Å². The van der Waals surface area contributed by atoms with Crippen LogP contribution >= 0.6 is 27.5 Å². The number of benzene rings is 2. The zero-order valence-corrected chi connectivity index (χ0v) is 17.7. The minimum absolute atomic E-state index is 0.124. The van der Waals surface area contributed by atoms with Gasteiger partial charge in [-0.3, -0.25) is 4.79 Å². The molecular weight excluding hydrogens is 452 g/mol. The van der Waals surface area contributed by atoms with Gasteiger partial charge in [0.15, 0.2) is 0 Å². The molecule has 3 rings (SSSR count). The Balaban J connectivity index is 1.63. The Kier molecular flexibility index (Phi) is 6.57. The topological polar surface area (TPSA) is 66.5 Å². The molecule has 2 aromatic carbocycles. The number of nitrogens with one attached hydrogen (secondary N) is 1. The van der Waals surface area contributed by atoms with Gasteiger partial charge in [-0.25, -0.2) is 8.42 Å². The van der Waals surface area contributed by atoms with Gasteiger partial charge in [-0.2, -0.15) is 4.31 Å². The minimum Gasteiger partial charge on any atom is -0.352 e. The fourth-order valence-corrected chi connectivity index (χ4v) is 4.98. The third-order valence-electron chi connectivity index (χ3n) is 4.59. The monoisotopic (exact) mass is 470 g/mol. The van der Waals surface area contributed by atoms with Gasteiger partial charge in [0, 0.05) is 29.1 Å². The lowest BCUT2D eigenvalue weighted by atomic mass is 9.99. The average molecular weight is 472 g/mol. The molecule has 0 aromatic heterocycles. The van der Waals surface area contributed by atoms with E-state index in [1.165, 1.54) is 4.31 Å². The smallest absolute Gasteiger partial charge is 0.243 e. The van der Waals surface area contributed by atoms with Crippen molar-refractivity contribution in [1.29, 1.82) is 0 Å². The normalized spacial score (nSPS) is 18.2. The lowest BCUT2D eigenvalue weighted by Crippen LogP contribution is -2.45. The molecule has 0 unspecified atom stereocenters. The van der Waals surface area contributed by atoms with Crippen LogP contribution < -0.4 is 5.32 Å². The molecule has 2 aromatic rings. The Morgan fingerprint density at radius 3 is 2.48 bits per heavy atom. The summed E-state index contributed by atoms with van der Waals surface area (Å²) < 4.78 is 27.9. The second-order valence-corrected chi connectivity index (χ2v) is 9.79. The molecule has 0 bridgehead atoms. The number of hydrogen-bond donors (Lipinski definition) is 1. The van der Waals surface area contributed by atoms with Gasteiger partial charge in [0.2, 0.25) is 15.9 Å². The van der Waals surface area contributed by atoms with E-state index < -0.39 is 10.0 Å². The van der Waals surface area contributed by atoms with Crippen molar-refractivity contribution in [3.63, 3.8) is 0 Å². The quantitative estimate of drug-likeness (QED) is 0.721. The molecule has 8 heteroatoms. The molecule has 1 heterocycles. The Labute approximate surface area is 172 Å². The SMILES string of the molecule is O=C(NCc1ccc(Cl)cc1)[C@H]1CCCN(S(=O)(=O)c2ccc(Br)cc2)C1. The van der Waals surface area contributed by atoms with Crippen LogP contribution in [0.25, 0.3) is 0 Å². The molecule has 1 fully saturated rings. The van der Waals surface area contributed by atoms with Gasteiger partial charge in [-0.1, -0.05) is 39.7 Å². The van der Waals surface area contributed by atoms with E-state index in [-0.39, 0.29) is 23.3 Å². The number of rotatable bonds is 5. The molecule has 1 atom stereocenters.